The molecule has 0 saturated heterocycles. The Labute approximate surface area is 197 Å². The maximum atomic E-state index is 6.14. The molecule has 34 heavy (non-hydrogen) atoms. The minimum Gasteiger partial charge on any atom is -0.460 e. The first kappa shape index (κ1) is 19.2. The molecule has 2 heterocycles. The van der Waals surface area contributed by atoms with Crippen molar-refractivity contribution >= 4 is 50.2 Å². The molecule has 3 heteroatoms. The molecule has 0 bridgehead atoms. The molecule has 0 amide bonds. The largest absolute Gasteiger partial charge is 0.460 e. The van der Waals surface area contributed by atoms with Crippen LogP contribution in [0.4, 0.5) is 11.4 Å². The SMILES string of the molecule is CC1C=Cc2c(oc3ccc(Nc4ccc5c6ccccc6n(-c6ccccc6)c5c4)cc23)C1. The molecular formula is C31H24N2O. The Balaban J connectivity index is 1.35. The van der Waals surface area contributed by atoms with Crippen LogP contribution in [0.1, 0.15) is 18.2 Å². The summed E-state index contributed by atoms with van der Waals surface area (Å²) in [6, 6.07) is 32.2. The van der Waals surface area contributed by atoms with E-state index >= 15 is 0 Å². The van der Waals surface area contributed by atoms with E-state index in [9.17, 15) is 0 Å². The Kier molecular flexibility index (Phi) is 4.18. The molecule has 4 aromatic carbocycles. The fraction of sp³-hybridized carbons (Fsp3) is 0.0968. The van der Waals surface area contributed by atoms with Crippen LogP contribution in [0, 0.1) is 5.92 Å². The normalized spacial score (nSPS) is 15.3. The summed E-state index contributed by atoms with van der Waals surface area (Å²) >= 11 is 0. The third-order valence-corrected chi connectivity index (χ3v) is 6.88. The van der Waals surface area contributed by atoms with Gasteiger partial charge in [0.25, 0.3) is 0 Å². The van der Waals surface area contributed by atoms with Crippen LogP contribution < -0.4 is 5.32 Å². The van der Waals surface area contributed by atoms with Crippen LogP contribution >= 0.6 is 0 Å². The number of fused-ring (bicyclic) bond motifs is 6. The Bertz CT molecular complexity index is 1720. The second kappa shape index (κ2) is 7.39. The molecule has 164 valence electrons. The van der Waals surface area contributed by atoms with E-state index in [2.05, 4.69) is 120 Å². The quantitative estimate of drug-likeness (QED) is 0.299. The Hall–Kier alpha value is -4.24. The van der Waals surface area contributed by atoms with Crippen molar-refractivity contribution in [3.63, 3.8) is 0 Å². The Morgan fingerprint density at radius 1 is 0.765 bits per heavy atom. The molecule has 1 aliphatic carbocycles. The summed E-state index contributed by atoms with van der Waals surface area (Å²) in [5.41, 5.74) is 7.87. The second-order valence-corrected chi connectivity index (χ2v) is 9.24. The topological polar surface area (TPSA) is 30.1 Å². The van der Waals surface area contributed by atoms with Gasteiger partial charge in [0.2, 0.25) is 0 Å². The van der Waals surface area contributed by atoms with Crippen LogP contribution in [-0.2, 0) is 6.42 Å². The van der Waals surface area contributed by atoms with Gasteiger partial charge in [-0.25, -0.2) is 0 Å². The predicted molar refractivity (Wildman–Crippen MR) is 142 cm³/mol. The molecule has 1 unspecified atom stereocenters. The van der Waals surface area contributed by atoms with E-state index in [4.69, 9.17) is 4.42 Å². The van der Waals surface area contributed by atoms with Crippen molar-refractivity contribution in [2.24, 2.45) is 5.92 Å². The standard InChI is InChI=1S/C31H24N2O/c1-20-11-14-26-27-18-21(13-16-30(27)34-31(26)17-20)32-22-12-15-25-24-9-5-6-10-28(24)33(29(25)19-22)23-7-3-2-4-8-23/h2-16,18-20,32H,17H2,1H3. The highest BCUT2D eigenvalue weighted by molar-refractivity contribution is 6.10. The van der Waals surface area contributed by atoms with Gasteiger partial charge in [0.1, 0.15) is 11.3 Å². The number of anilines is 2. The van der Waals surface area contributed by atoms with Gasteiger partial charge in [-0.15, -0.1) is 0 Å². The van der Waals surface area contributed by atoms with E-state index in [0.717, 1.165) is 29.1 Å². The van der Waals surface area contributed by atoms with Crippen LogP contribution in [0.15, 0.2) is 101 Å². The highest BCUT2D eigenvalue weighted by Gasteiger charge is 2.18. The lowest BCUT2D eigenvalue weighted by molar-refractivity contribution is 0.513. The van der Waals surface area contributed by atoms with Crippen molar-refractivity contribution in [3.8, 4) is 5.69 Å². The van der Waals surface area contributed by atoms with Gasteiger partial charge in [-0.2, -0.15) is 0 Å². The molecule has 1 N–H and O–H groups in total. The molecule has 1 aliphatic rings. The van der Waals surface area contributed by atoms with Gasteiger partial charge in [0.05, 0.1) is 11.0 Å². The molecule has 7 rings (SSSR count). The van der Waals surface area contributed by atoms with E-state index < -0.39 is 0 Å². The monoisotopic (exact) mass is 440 g/mol. The minimum absolute atomic E-state index is 0.522. The predicted octanol–water partition coefficient (Wildman–Crippen LogP) is 8.48. The van der Waals surface area contributed by atoms with Gasteiger partial charge in [0.15, 0.2) is 0 Å². The highest BCUT2D eigenvalue weighted by atomic mass is 16.3. The summed E-state index contributed by atoms with van der Waals surface area (Å²) in [5, 5.41) is 7.32. The average Bonchev–Trinajstić information content (AvgIpc) is 3.39. The number of nitrogens with one attached hydrogen (secondary N) is 1. The first-order chi connectivity index (χ1) is 16.7. The summed E-state index contributed by atoms with van der Waals surface area (Å²) in [7, 11) is 0. The van der Waals surface area contributed by atoms with Crippen LogP contribution in [0.2, 0.25) is 0 Å². The zero-order valence-corrected chi connectivity index (χ0v) is 19.0. The summed E-state index contributed by atoms with van der Waals surface area (Å²) < 4.78 is 8.48. The van der Waals surface area contributed by atoms with Gasteiger partial charge in [0, 0.05) is 45.2 Å². The number of furan rings is 1. The summed E-state index contributed by atoms with van der Waals surface area (Å²) in [5.74, 6) is 1.62. The van der Waals surface area contributed by atoms with E-state index in [-0.39, 0.29) is 0 Å². The van der Waals surface area contributed by atoms with Crippen molar-refractivity contribution in [3.05, 3.63) is 108 Å². The lowest BCUT2D eigenvalue weighted by Crippen LogP contribution is -2.00. The minimum atomic E-state index is 0.522. The van der Waals surface area contributed by atoms with Gasteiger partial charge in [-0.3, -0.25) is 0 Å². The van der Waals surface area contributed by atoms with Crippen molar-refractivity contribution in [1.29, 1.82) is 0 Å². The van der Waals surface area contributed by atoms with Gasteiger partial charge >= 0.3 is 0 Å². The molecule has 3 nitrogen and oxygen atoms in total. The number of nitrogens with zero attached hydrogens (tertiary/aromatic N) is 1. The van der Waals surface area contributed by atoms with Crippen LogP contribution in [0.25, 0.3) is 44.5 Å². The van der Waals surface area contributed by atoms with E-state index in [1.165, 1.54) is 38.4 Å². The number of aromatic nitrogens is 1. The van der Waals surface area contributed by atoms with Gasteiger partial charge in [-0.1, -0.05) is 61.5 Å². The first-order valence-electron chi connectivity index (χ1n) is 11.8. The molecule has 0 saturated carbocycles. The molecule has 2 aromatic heterocycles. The maximum absolute atomic E-state index is 6.14. The second-order valence-electron chi connectivity index (χ2n) is 9.24. The van der Waals surface area contributed by atoms with Crippen LogP contribution in [0.5, 0.6) is 0 Å². The Morgan fingerprint density at radius 3 is 2.44 bits per heavy atom. The zero-order valence-electron chi connectivity index (χ0n) is 19.0. The van der Waals surface area contributed by atoms with Crippen molar-refractivity contribution < 1.29 is 4.42 Å². The fourth-order valence-electron chi connectivity index (χ4n) is 5.27. The van der Waals surface area contributed by atoms with E-state index in [0.29, 0.717) is 5.92 Å². The lowest BCUT2D eigenvalue weighted by atomic mass is 9.95. The number of rotatable bonds is 3. The Morgan fingerprint density at radius 2 is 1.53 bits per heavy atom. The highest BCUT2D eigenvalue weighted by Crippen LogP contribution is 2.36. The molecule has 0 aliphatic heterocycles. The molecular weight excluding hydrogens is 416 g/mol. The average molecular weight is 441 g/mol. The van der Waals surface area contributed by atoms with Crippen molar-refractivity contribution in [2.45, 2.75) is 13.3 Å². The van der Waals surface area contributed by atoms with Crippen molar-refractivity contribution in [2.75, 3.05) is 5.32 Å². The fourth-order valence-corrected chi connectivity index (χ4v) is 5.27. The summed E-state index contributed by atoms with van der Waals surface area (Å²) in [4.78, 5) is 0. The summed E-state index contributed by atoms with van der Waals surface area (Å²) in [6.07, 6.45) is 5.45. The molecule has 0 spiro atoms. The number of benzene rings is 4. The number of hydrogen-bond donors (Lipinski definition) is 1. The van der Waals surface area contributed by atoms with Gasteiger partial charge in [-0.05, 0) is 54.4 Å². The lowest BCUT2D eigenvalue weighted by Gasteiger charge is -2.11. The maximum Gasteiger partial charge on any atom is 0.135 e. The van der Waals surface area contributed by atoms with Gasteiger partial charge < -0.3 is 14.3 Å². The third kappa shape index (κ3) is 2.97. The third-order valence-electron chi connectivity index (χ3n) is 6.88. The number of allylic oxidation sites excluding steroid dienone is 1. The van der Waals surface area contributed by atoms with Crippen LogP contribution in [-0.4, -0.2) is 4.57 Å². The smallest absolute Gasteiger partial charge is 0.135 e. The molecule has 1 atom stereocenters. The number of hydrogen-bond acceptors (Lipinski definition) is 2. The van der Waals surface area contributed by atoms with E-state index in [1.807, 2.05) is 0 Å². The first-order valence-corrected chi connectivity index (χ1v) is 11.8. The summed E-state index contributed by atoms with van der Waals surface area (Å²) in [6.45, 7) is 2.23. The van der Waals surface area contributed by atoms with E-state index in [1.54, 1.807) is 0 Å². The van der Waals surface area contributed by atoms with Crippen LogP contribution in [0.3, 0.4) is 0 Å². The number of para-hydroxylation sites is 2. The zero-order chi connectivity index (χ0) is 22.6. The molecule has 6 aromatic rings. The molecule has 0 radical (unpaired) electrons. The molecule has 0 fully saturated rings. The van der Waals surface area contributed by atoms with Crippen molar-refractivity contribution in [1.82, 2.24) is 4.57 Å².